The molecular weight excluding hydrogens is 264 g/mol. The molecule has 5 fully saturated rings. The molecule has 4 aliphatic carbocycles. The Morgan fingerprint density at radius 3 is 2.33 bits per heavy atom. The van der Waals surface area contributed by atoms with Gasteiger partial charge in [-0.05, 0) is 75.0 Å². The van der Waals surface area contributed by atoms with E-state index in [4.69, 9.17) is 0 Å². The summed E-state index contributed by atoms with van der Waals surface area (Å²) < 4.78 is 0. The van der Waals surface area contributed by atoms with Gasteiger partial charge in [-0.2, -0.15) is 0 Å². The molecular formula is C17H28N2O2. The van der Waals surface area contributed by atoms with Gasteiger partial charge in [0, 0.05) is 25.2 Å². The van der Waals surface area contributed by atoms with E-state index in [1.807, 2.05) is 4.90 Å². The van der Waals surface area contributed by atoms with Crippen LogP contribution in [-0.2, 0) is 0 Å². The number of urea groups is 1. The van der Waals surface area contributed by atoms with Gasteiger partial charge in [-0.15, -0.1) is 0 Å². The molecule has 4 bridgehead atoms. The summed E-state index contributed by atoms with van der Waals surface area (Å²) in [6, 6.07) is 0.134. The van der Waals surface area contributed by atoms with Crippen LogP contribution in [0.5, 0.6) is 0 Å². The summed E-state index contributed by atoms with van der Waals surface area (Å²) in [5.41, 5.74) is 0.109. The standard InChI is InChI=1S/C17H28N2O2/c20-11-12-2-1-3-19(10-12)16(21)18-17-7-13-4-14(8-17)6-15(5-13)9-17/h12-15,20H,1-11H2,(H,18,21)/t12-,13?,14?,15?,17?/m0/s1. The van der Waals surface area contributed by atoms with Crippen LogP contribution >= 0.6 is 0 Å². The fourth-order valence-electron chi connectivity index (χ4n) is 5.97. The summed E-state index contributed by atoms with van der Waals surface area (Å²) in [6.45, 7) is 1.80. The van der Waals surface area contributed by atoms with Crippen molar-refractivity contribution >= 4 is 6.03 Å². The number of carbonyl (C=O) groups is 1. The molecule has 0 aromatic carbocycles. The van der Waals surface area contributed by atoms with E-state index in [1.54, 1.807) is 0 Å². The van der Waals surface area contributed by atoms with Crippen LogP contribution in [0.3, 0.4) is 0 Å². The SMILES string of the molecule is O=C(NC12CC3CC(CC(C3)C1)C2)N1CCC[C@H](CO)C1. The van der Waals surface area contributed by atoms with Gasteiger partial charge in [0.15, 0.2) is 0 Å². The first-order valence-corrected chi connectivity index (χ1v) is 8.84. The molecule has 1 heterocycles. The maximum Gasteiger partial charge on any atom is 0.317 e. The number of aliphatic hydroxyl groups is 1. The van der Waals surface area contributed by atoms with Gasteiger partial charge in [0.2, 0.25) is 0 Å². The van der Waals surface area contributed by atoms with E-state index in [0.29, 0.717) is 0 Å². The van der Waals surface area contributed by atoms with Crippen LogP contribution in [0, 0.1) is 23.7 Å². The number of likely N-dealkylation sites (tertiary alicyclic amines) is 1. The first kappa shape index (κ1) is 13.9. The van der Waals surface area contributed by atoms with Crippen molar-refractivity contribution < 1.29 is 9.90 Å². The molecule has 4 saturated carbocycles. The fraction of sp³-hybridized carbons (Fsp3) is 0.941. The number of piperidine rings is 1. The van der Waals surface area contributed by atoms with Crippen LogP contribution in [0.2, 0.25) is 0 Å². The van der Waals surface area contributed by atoms with Crippen molar-refractivity contribution in [3.8, 4) is 0 Å². The monoisotopic (exact) mass is 292 g/mol. The largest absolute Gasteiger partial charge is 0.396 e. The van der Waals surface area contributed by atoms with Gasteiger partial charge >= 0.3 is 6.03 Å². The molecule has 1 saturated heterocycles. The molecule has 2 N–H and O–H groups in total. The Hall–Kier alpha value is -0.770. The highest BCUT2D eigenvalue weighted by atomic mass is 16.3. The minimum Gasteiger partial charge on any atom is -0.396 e. The van der Waals surface area contributed by atoms with Gasteiger partial charge in [-0.1, -0.05) is 0 Å². The Morgan fingerprint density at radius 2 is 1.76 bits per heavy atom. The molecule has 21 heavy (non-hydrogen) atoms. The number of rotatable bonds is 2. The summed E-state index contributed by atoms with van der Waals surface area (Å²) >= 11 is 0. The van der Waals surface area contributed by atoms with Crippen LogP contribution in [0.4, 0.5) is 4.79 Å². The van der Waals surface area contributed by atoms with E-state index in [2.05, 4.69) is 5.32 Å². The van der Waals surface area contributed by atoms with E-state index in [-0.39, 0.29) is 24.1 Å². The second-order valence-electron chi connectivity index (χ2n) is 8.26. The number of carbonyl (C=O) groups excluding carboxylic acids is 1. The van der Waals surface area contributed by atoms with Crippen molar-refractivity contribution in [3.63, 3.8) is 0 Å². The molecule has 4 heteroatoms. The van der Waals surface area contributed by atoms with Gasteiger partial charge in [0.25, 0.3) is 0 Å². The second kappa shape index (κ2) is 5.15. The molecule has 5 aliphatic rings. The van der Waals surface area contributed by atoms with Gasteiger partial charge in [-0.3, -0.25) is 0 Å². The van der Waals surface area contributed by atoms with Crippen LogP contribution in [-0.4, -0.2) is 41.3 Å². The minimum absolute atomic E-state index is 0.109. The smallest absolute Gasteiger partial charge is 0.317 e. The van der Waals surface area contributed by atoms with Crippen molar-refractivity contribution in [1.82, 2.24) is 10.2 Å². The Balaban J connectivity index is 1.42. The Morgan fingerprint density at radius 1 is 1.14 bits per heavy atom. The quantitative estimate of drug-likeness (QED) is 0.821. The Bertz CT molecular complexity index is 388. The number of nitrogens with one attached hydrogen (secondary N) is 1. The van der Waals surface area contributed by atoms with Crippen molar-refractivity contribution in [1.29, 1.82) is 0 Å². The lowest BCUT2D eigenvalue weighted by Gasteiger charge is -2.57. The first-order chi connectivity index (χ1) is 10.2. The molecule has 5 rings (SSSR count). The highest BCUT2D eigenvalue weighted by Crippen LogP contribution is 2.55. The van der Waals surface area contributed by atoms with E-state index in [9.17, 15) is 9.90 Å². The maximum atomic E-state index is 12.7. The average molecular weight is 292 g/mol. The van der Waals surface area contributed by atoms with Gasteiger partial charge < -0.3 is 15.3 Å². The third-order valence-corrected chi connectivity index (χ3v) is 6.47. The predicted octanol–water partition coefficient (Wildman–Crippen LogP) is 2.37. The van der Waals surface area contributed by atoms with E-state index in [0.717, 1.165) is 43.7 Å². The number of amides is 2. The van der Waals surface area contributed by atoms with Crippen molar-refractivity contribution in [2.75, 3.05) is 19.7 Å². The number of hydrogen-bond acceptors (Lipinski definition) is 2. The number of aliphatic hydroxyl groups excluding tert-OH is 1. The first-order valence-electron chi connectivity index (χ1n) is 8.84. The molecule has 2 amide bonds. The van der Waals surface area contributed by atoms with Crippen LogP contribution < -0.4 is 5.32 Å². The van der Waals surface area contributed by atoms with Crippen molar-refractivity contribution in [2.24, 2.45) is 23.7 Å². The van der Waals surface area contributed by atoms with Crippen LogP contribution in [0.15, 0.2) is 0 Å². The molecule has 4 nitrogen and oxygen atoms in total. The highest BCUT2D eigenvalue weighted by Gasteiger charge is 2.51. The Kier molecular flexibility index (Phi) is 3.40. The third-order valence-electron chi connectivity index (χ3n) is 6.47. The summed E-state index contributed by atoms with van der Waals surface area (Å²) in [6.07, 6.45) is 9.94. The maximum absolute atomic E-state index is 12.7. The molecule has 1 aliphatic heterocycles. The topological polar surface area (TPSA) is 52.6 Å². The zero-order valence-electron chi connectivity index (χ0n) is 12.9. The molecule has 0 unspecified atom stereocenters. The van der Waals surface area contributed by atoms with Crippen LogP contribution in [0.25, 0.3) is 0 Å². The lowest BCUT2D eigenvalue weighted by Crippen LogP contribution is -2.62. The molecule has 118 valence electrons. The summed E-state index contributed by atoms with van der Waals surface area (Å²) in [4.78, 5) is 14.6. The Labute approximate surface area is 127 Å². The van der Waals surface area contributed by atoms with E-state index in [1.165, 1.54) is 38.5 Å². The lowest BCUT2D eigenvalue weighted by atomic mass is 9.53. The van der Waals surface area contributed by atoms with Crippen molar-refractivity contribution in [3.05, 3.63) is 0 Å². The molecule has 0 radical (unpaired) electrons. The fourth-order valence-corrected chi connectivity index (χ4v) is 5.97. The average Bonchev–Trinajstić information content (AvgIpc) is 2.45. The van der Waals surface area contributed by atoms with E-state index < -0.39 is 0 Å². The predicted molar refractivity (Wildman–Crippen MR) is 80.8 cm³/mol. The van der Waals surface area contributed by atoms with Gasteiger partial charge in [0.1, 0.15) is 0 Å². The molecule has 0 aromatic heterocycles. The zero-order chi connectivity index (χ0) is 14.4. The van der Waals surface area contributed by atoms with Gasteiger partial charge in [-0.25, -0.2) is 4.79 Å². The van der Waals surface area contributed by atoms with Gasteiger partial charge in [0.05, 0.1) is 0 Å². The van der Waals surface area contributed by atoms with E-state index >= 15 is 0 Å². The number of nitrogens with zero attached hydrogens (tertiary/aromatic N) is 1. The van der Waals surface area contributed by atoms with Crippen molar-refractivity contribution in [2.45, 2.75) is 56.9 Å². The molecule has 0 aromatic rings. The summed E-state index contributed by atoms with van der Waals surface area (Å²) in [5, 5.41) is 12.8. The summed E-state index contributed by atoms with van der Waals surface area (Å²) in [5.74, 6) is 2.87. The number of hydrogen-bond donors (Lipinski definition) is 2. The molecule has 1 atom stereocenters. The highest BCUT2D eigenvalue weighted by molar-refractivity contribution is 5.75. The van der Waals surface area contributed by atoms with Crippen LogP contribution in [0.1, 0.15) is 51.4 Å². The summed E-state index contributed by atoms with van der Waals surface area (Å²) in [7, 11) is 0. The third kappa shape index (κ3) is 2.56. The zero-order valence-corrected chi connectivity index (χ0v) is 12.9. The second-order valence-corrected chi connectivity index (χ2v) is 8.26. The minimum atomic E-state index is 0.109. The lowest BCUT2D eigenvalue weighted by molar-refractivity contribution is -0.0165. The molecule has 0 spiro atoms. The normalized spacial score (nSPS) is 44.9.